The number of fused-ring (bicyclic) bond motifs is 1. The summed E-state index contributed by atoms with van der Waals surface area (Å²) in [6.07, 6.45) is 3.29. The Bertz CT molecular complexity index is 1260. The topological polar surface area (TPSA) is 81.4 Å². The van der Waals surface area contributed by atoms with E-state index in [0.717, 1.165) is 27.7 Å². The molecule has 1 amide bonds. The zero-order chi connectivity index (χ0) is 21.1. The first-order valence-electron chi connectivity index (χ1n) is 9.43. The molecule has 0 aliphatic rings. The average Bonchev–Trinajstić information content (AvgIpc) is 3.10. The zero-order valence-corrected chi connectivity index (χ0v) is 17.0. The van der Waals surface area contributed by atoms with Crippen LogP contribution in [0.15, 0.2) is 65.9 Å². The highest BCUT2D eigenvalue weighted by Gasteiger charge is 2.15. The van der Waals surface area contributed by atoms with Gasteiger partial charge >= 0.3 is 0 Å². The Morgan fingerprint density at radius 2 is 1.93 bits per heavy atom. The third-order valence-corrected chi connectivity index (χ3v) is 4.99. The van der Waals surface area contributed by atoms with Crippen molar-refractivity contribution in [2.24, 2.45) is 12.1 Å². The molecular weight excluding hydrogens is 378 g/mol. The number of rotatable bonds is 5. The second kappa shape index (κ2) is 8.16. The Kier molecular flexibility index (Phi) is 5.26. The van der Waals surface area contributed by atoms with Crippen molar-refractivity contribution in [2.45, 2.75) is 6.92 Å². The smallest absolute Gasteiger partial charge is 0.272 e. The summed E-state index contributed by atoms with van der Waals surface area (Å²) in [5.74, 6) is 0.374. The number of hydrazone groups is 1. The van der Waals surface area contributed by atoms with Crippen LogP contribution < -0.4 is 10.2 Å². The Morgan fingerprint density at radius 1 is 1.17 bits per heavy atom. The van der Waals surface area contributed by atoms with Crippen LogP contribution in [0.3, 0.4) is 0 Å². The second-order valence-electron chi connectivity index (χ2n) is 6.78. The first kappa shape index (κ1) is 19.3. The molecule has 2 aromatic carbocycles. The van der Waals surface area contributed by atoms with Crippen LogP contribution in [0.5, 0.6) is 5.75 Å². The van der Waals surface area contributed by atoms with Crippen LogP contribution in [-0.2, 0) is 7.05 Å². The summed E-state index contributed by atoms with van der Waals surface area (Å²) in [5, 5.41) is 9.03. The molecule has 0 radical (unpaired) electrons. The minimum absolute atomic E-state index is 0.317. The molecular formula is C23H21N5O2. The number of nitrogens with zero attached hydrogens (tertiary/aromatic N) is 4. The van der Waals surface area contributed by atoms with Crippen molar-refractivity contribution in [3.8, 4) is 17.0 Å². The average molecular weight is 399 g/mol. The van der Waals surface area contributed by atoms with Gasteiger partial charge in [-0.1, -0.05) is 30.3 Å². The van der Waals surface area contributed by atoms with Crippen LogP contribution in [0.1, 0.15) is 21.6 Å². The number of ether oxygens (including phenoxy) is 1. The quantitative estimate of drug-likeness (QED) is 0.410. The molecule has 7 nitrogen and oxygen atoms in total. The summed E-state index contributed by atoms with van der Waals surface area (Å²) >= 11 is 0. The van der Waals surface area contributed by atoms with Crippen molar-refractivity contribution in [1.82, 2.24) is 20.2 Å². The second-order valence-corrected chi connectivity index (χ2v) is 6.78. The molecule has 0 atom stereocenters. The lowest BCUT2D eigenvalue weighted by molar-refractivity contribution is 0.0956. The predicted octanol–water partition coefficient (Wildman–Crippen LogP) is 3.72. The van der Waals surface area contributed by atoms with Gasteiger partial charge in [-0.2, -0.15) is 10.2 Å². The lowest BCUT2D eigenvalue weighted by atomic mass is 10.0. The van der Waals surface area contributed by atoms with Crippen molar-refractivity contribution in [3.63, 3.8) is 0 Å². The molecule has 2 heterocycles. The summed E-state index contributed by atoms with van der Waals surface area (Å²) in [5.41, 5.74) is 7.09. The predicted molar refractivity (Wildman–Crippen MR) is 117 cm³/mol. The first-order chi connectivity index (χ1) is 14.6. The van der Waals surface area contributed by atoms with E-state index in [4.69, 9.17) is 9.72 Å². The van der Waals surface area contributed by atoms with Gasteiger partial charge in [-0.15, -0.1) is 0 Å². The number of carbonyl (C=O) groups is 1. The van der Waals surface area contributed by atoms with Crippen LogP contribution in [0.4, 0.5) is 0 Å². The number of pyridine rings is 1. The number of methoxy groups -OCH3 is 1. The number of hydrogen-bond acceptors (Lipinski definition) is 5. The molecule has 7 heteroatoms. The normalized spacial score (nSPS) is 11.2. The van der Waals surface area contributed by atoms with Gasteiger partial charge in [0.25, 0.3) is 5.91 Å². The van der Waals surface area contributed by atoms with Gasteiger partial charge < -0.3 is 4.74 Å². The number of aromatic nitrogens is 3. The summed E-state index contributed by atoms with van der Waals surface area (Å²) in [4.78, 5) is 17.7. The Hall–Kier alpha value is -4.00. The van der Waals surface area contributed by atoms with E-state index in [-0.39, 0.29) is 5.91 Å². The number of para-hydroxylation sites is 2. The minimum atomic E-state index is -0.317. The fourth-order valence-electron chi connectivity index (χ4n) is 3.22. The highest BCUT2D eigenvalue weighted by molar-refractivity contribution is 6.07. The number of carbonyl (C=O) groups excluding carboxylic acids is 1. The van der Waals surface area contributed by atoms with E-state index < -0.39 is 0 Å². The molecule has 2 aromatic heterocycles. The molecule has 0 saturated heterocycles. The molecule has 0 aliphatic carbocycles. The fourth-order valence-corrected chi connectivity index (χ4v) is 3.22. The molecule has 150 valence electrons. The van der Waals surface area contributed by atoms with E-state index in [0.29, 0.717) is 17.0 Å². The first-order valence-corrected chi connectivity index (χ1v) is 9.43. The van der Waals surface area contributed by atoms with Gasteiger partial charge in [0.1, 0.15) is 5.75 Å². The fraction of sp³-hybridized carbons (Fsp3) is 0.130. The number of nitrogens with one attached hydrogen (secondary N) is 1. The number of amides is 1. The molecule has 4 rings (SSSR count). The molecule has 0 fully saturated rings. The van der Waals surface area contributed by atoms with E-state index in [9.17, 15) is 4.79 Å². The van der Waals surface area contributed by atoms with Crippen molar-refractivity contribution < 1.29 is 9.53 Å². The van der Waals surface area contributed by atoms with Crippen molar-refractivity contribution in [3.05, 3.63) is 77.6 Å². The van der Waals surface area contributed by atoms with Gasteiger partial charge in [0.05, 0.1) is 36.3 Å². The SMILES string of the molecule is COc1ccccc1-c1cc(C(=O)N/N=C/c2cnn(C)c2C)c2ccccc2n1. The van der Waals surface area contributed by atoms with Gasteiger partial charge in [-0.25, -0.2) is 10.4 Å². The van der Waals surface area contributed by atoms with Crippen LogP contribution in [-0.4, -0.2) is 34.0 Å². The molecule has 1 N–H and O–H groups in total. The standard InChI is InChI=1S/C23H21N5O2/c1-15-16(14-25-28(15)2)13-24-27-23(29)19-12-21(18-9-5-7-11-22(18)30-3)26-20-10-6-4-8-17(19)20/h4-14H,1-3H3,(H,27,29)/b24-13+. The maximum absolute atomic E-state index is 13.0. The molecule has 0 saturated carbocycles. The van der Waals surface area contributed by atoms with Gasteiger partial charge in [0.15, 0.2) is 0 Å². The summed E-state index contributed by atoms with van der Waals surface area (Å²) < 4.78 is 7.22. The molecule has 0 bridgehead atoms. The molecule has 0 unspecified atom stereocenters. The Balaban J connectivity index is 1.72. The Morgan fingerprint density at radius 3 is 2.70 bits per heavy atom. The minimum Gasteiger partial charge on any atom is -0.496 e. The summed E-state index contributed by atoms with van der Waals surface area (Å²) in [7, 11) is 3.47. The zero-order valence-electron chi connectivity index (χ0n) is 17.0. The summed E-state index contributed by atoms with van der Waals surface area (Å²) in [6, 6.07) is 16.9. The van der Waals surface area contributed by atoms with Gasteiger partial charge in [-0.05, 0) is 31.2 Å². The van der Waals surface area contributed by atoms with Gasteiger partial charge in [0.2, 0.25) is 0 Å². The van der Waals surface area contributed by atoms with Gasteiger partial charge in [0, 0.05) is 29.3 Å². The molecule has 30 heavy (non-hydrogen) atoms. The largest absolute Gasteiger partial charge is 0.496 e. The van der Waals surface area contributed by atoms with E-state index in [1.54, 1.807) is 30.3 Å². The molecule has 0 spiro atoms. The highest BCUT2D eigenvalue weighted by atomic mass is 16.5. The molecule has 4 aromatic rings. The van der Waals surface area contributed by atoms with E-state index in [1.165, 1.54) is 0 Å². The monoisotopic (exact) mass is 399 g/mol. The van der Waals surface area contributed by atoms with E-state index >= 15 is 0 Å². The highest BCUT2D eigenvalue weighted by Crippen LogP contribution is 2.31. The summed E-state index contributed by atoms with van der Waals surface area (Å²) in [6.45, 7) is 1.94. The van der Waals surface area contributed by atoms with Crippen molar-refractivity contribution >= 4 is 23.0 Å². The van der Waals surface area contributed by atoms with E-state index in [1.807, 2.05) is 62.5 Å². The Labute approximate surface area is 174 Å². The number of aryl methyl sites for hydroxylation is 1. The third-order valence-electron chi connectivity index (χ3n) is 4.99. The van der Waals surface area contributed by atoms with Gasteiger partial charge in [-0.3, -0.25) is 9.48 Å². The lowest BCUT2D eigenvalue weighted by Gasteiger charge is -2.11. The van der Waals surface area contributed by atoms with Crippen molar-refractivity contribution in [1.29, 1.82) is 0 Å². The van der Waals surface area contributed by atoms with Crippen LogP contribution in [0.25, 0.3) is 22.2 Å². The van der Waals surface area contributed by atoms with Crippen LogP contribution >= 0.6 is 0 Å². The van der Waals surface area contributed by atoms with Crippen molar-refractivity contribution in [2.75, 3.05) is 7.11 Å². The number of benzene rings is 2. The third kappa shape index (κ3) is 3.65. The van der Waals surface area contributed by atoms with E-state index in [2.05, 4.69) is 15.6 Å². The number of hydrogen-bond donors (Lipinski definition) is 1. The van der Waals surface area contributed by atoms with Crippen LogP contribution in [0, 0.1) is 6.92 Å². The maximum atomic E-state index is 13.0. The molecule has 0 aliphatic heterocycles. The van der Waals surface area contributed by atoms with Crippen LogP contribution in [0.2, 0.25) is 0 Å². The lowest BCUT2D eigenvalue weighted by Crippen LogP contribution is -2.18. The maximum Gasteiger partial charge on any atom is 0.272 e.